The second-order valence-electron chi connectivity index (χ2n) is 17.8. The maximum absolute atomic E-state index is 14.6. The Morgan fingerprint density at radius 1 is 0.683 bits per heavy atom. The average molecular weight is 791 g/mol. The van der Waals surface area contributed by atoms with Crippen molar-refractivity contribution in [2.45, 2.75) is 62.2 Å². The Hall–Kier alpha value is -6.36. The first kappa shape index (κ1) is 35.6. The van der Waals surface area contributed by atoms with Gasteiger partial charge in [-0.1, -0.05) is 78.9 Å². The Morgan fingerprint density at radius 3 is 2.13 bits per heavy atom. The number of aryl methyl sites for hydroxylation is 2. The second-order valence-corrected chi connectivity index (χ2v) is 17.8. The molecular weight excluding hydrogens is 745 g/mol. The molecule has 2 saturated carbocycles. The number of hydrogen-bond acceptors (Lipinski definition) is 6. The molecule has 10 heteroatoms. The van der Waals surface area contributed by atoms with Crippen LogP contribution in [0.5, 0.6) is 0 Å². The molecule has 2 aromatic heterocycles. The van der Waals surface area contributed by atoms with Crippen molar-refractivity contribution in [2.24, 2.45) is 0 Å². The van der Waals surface area contributed by atoms with Crippen molar-refractivity contribution in [3.05, 3.63) is 154 Å². The van der Waals surface area contributed by atoms with Crippen LogP contribution in [0.25, 0.3) is 43.4 Å². The third kappa shape index (κ3) is 5.54. The summed E-state index contributed by atoms with van der Waals surface area (Å²) in [6.45, 7) is 7.63. The summed E-state index contributed by atoms with van der Waals surface area (Å²) in [6.07, 6.45) is 6.55. The first-order valence-corrected chi connectivity index (χ1v) is 21.3. The van der Waals surface area contributed by atoms with Gasteiger partial charge in [0.05, 0.1) is 40.4 Å². The third-order valence-electron chi connectivity index (χ3n) is 14.0. The predicted octanol–water partition coefficient (Wildman–Crippen LogP) is 7.83. The number of carbonyl (C=O) groups is 2. The zero-order valence-electron chi connectivity index (χ0n) is 33.8. The van der Waals surface area contributed by atoms with Gasteiger partial charge in [-0.25, -0.2) is 0 Å². The normalized spacial score (nSPS) is 20.9. The molecule has 298 valence electrons. The molecule has 4 fully saturated rings. The highest BCUT2D eigenvalue weighted by atomic mass is 16.2. The van der Waals surface area contributed by atoms with Crippen LogP contribution in [0.2, 0.25) is 0 Å². The molecule has 60 heavy (non-hydrogen) atoms. The van der Waals surface area contributed by atoms with Crippen LogP contribution in [0.4, 0.5) is 0 Å². The highest BCUT2D eigenvalue weighted by Gasteiger charge is 2.58. The lowest BCUT2D eigenvalue weighted by Gasteiger charge is -2.28. The van der Waals surface area contributed by atoms with Gasteiger partial charge in [0.25, 0.3) is 11.8 Å². The van der Waals surface area contributed by atoms with E-state index in [1.54, 1.807) is 0 Å². The van der Waals surface area contributed by atoms with Crippen LogP contribution in [0, 0.1) is 13.8 Å². The van der Waals surface area contributed by atoms with Gasteiger partial charge in [0.1, 0.15) is 0 Å². The van der Waals surface area contributed by atoms with Gasteiger partial charge in [0, 0.05) is 60.2 Å². The Kier molecular flexibility index (Phi) is 7.75. The quantitative estimate of drug-likeness (QED) is 0.119. The van der Waals surface area contributed by atoms with Gasteiger partial charge in [0.15, 0.2) is 0 Å². The minimum atomic E-state index is -0.600. The van der Waals surface area contributed by atoms with Crippen LogP contribution in [0.15, 0.2) is 116 Å². The third-order valence-corrected chi connectivity index (χ3v) is 14.0. The molecule has 2 aliphatic carbocycles. The molecule has 0 bridgehead atoms. The summed E-state index contributed by atoms with van der Waals surface area (Å²) < 4.78 is 4.09. The van der Waals surface area contributed by atoms with E-state index in [1.807, 2.05) is 36.9 Å². The molecule has 2 amide bonds. The highest BCUT2D eigenvalue weighted by Crippen LogP contribution is 2.60. The Bertz CT molecular complexity index is 3090. The van der Waals surface area contributed by atoms with Crippen LogP contribution in [-0.2, 0) is 11.1 Å². The predicted molar refractivity (Wildman–Crippen MR) is 236 cm³/mol. The number of nitrogens with zero attached hydrogens (tertiary/aromatic N) is 4. The second kappa shape index (κ2) is 13.1. The fourth-order valence-corrected chi connectivity index (χ4v) is 10.1. The van der Waals surface area contributed by atoms with Gasteiger partial charge in [-0.2, -0.15) is 10.2 Å². The maximum atomic E-state index is 14.6. The van der Waals surface area contributed by atoms with E-state index in [0.29, 0.717) is 23.2 Å². The van der Waals surface area contributed by atoms with Crippen molar-refractivity contribution in [2.75, 3.05) is 26.2 Å². The van der Waals surface area contributed by atoms with Crippen LogP contribution >= 0.6 is 0 Å². The first-order valence-electron chi connectivity index (χ1n) is 21.3. The van der Waals surface area contributed by atoms with E-state index in [2.05, 4.69) is 128 Å². The fourth-order valence-electron chi connectivity index (χ4n) is 10.1. The molecular formula is C50H46N8O2. The summed E-state index contributed by atoms with van der Waals surface area (Å²) in [6, 6.07) is 36.9. The lowest BCUT2D eigenvalue weighted by atomic mass is 9.91. The summed E-state index contributed by atoms with van der Waals surface area (Å²) >= 11 is 0. The highest BCUT2D eigenvalue weighted by molar-refractivity contribution is 6.02. The fraction of sp³-hybridized carbons (Fsp3) is 0.280. The molecule has 4 N–H and O–H groups in total. The monoisotopic (exact) mass is 790 g/mol. The molecule has 2 aliphatic heterocycles. The van der Waals surface area contributed by atoms with E-state index in [-0.39, 0.29) is 17.7 Å². The molecule has 4 aliphatic rings. The number of aromatic nitrogens is 4. The lowest BCUT2D eigenvalue weighted by molar-refractivity contribution is 0.0921. The number of fused-ring (bicyclic) bond motifs is 4. The van der Waals surface area contributed by atoms with Gasteiger partial charge in [0.2, 0.25) is 0 Å². The Balaban J connectivity index is 0.871. The first-order chi connectivity index (χ1) is 29.3. The van der Waals surface area contributed by atoms with Crippen molar-refractivity contribution in [3.8, 4) is 0 Å². The smallest absolute Gasteiger partial charge is 0.252 e. The number of nitrogens with one attached hydrogen (secondary N) is 4. The lowest BCUT2D eigenvalue weighted by Crippen LogP contribution is -2.43. The Labute approximate surface area is 347 Å². The molecule has 2 unspecified atom stereocenters. The van der Waals surface area contributed by atoms with Crippen LogP contribution in [0.1, 0.15) is 85.8 Å². The number of benzene rings is 6. The molecule has 8 aromatic rings. The minimum absolute atomic E-state index is 0.0491. The van der Waals surface area contributed by atoms with Crippen LogP contribution in [0.3, 0.4) is 0 Å². The number of carbonyl (C=O) groups excluding carboxylic acids is 2. The average Bonchev–Trinajstić information content (AvgIpc) is 4.06. The van der Waals surface area contributed by atoms with Crippen molar-refractivity contribution in [1.82, 2.24) is 40.8 Å². The van der Waals surface area contributed by atoms with E-state index < -0.39 is 11.1 Å². The SMILES string of the molecule is Cc1cc2cnn(C3CNC3)c2cc1C(=O)NC1(c2cccc3cc(C4CC4(NC(=O)c4cc5nn(C6CNC6)cc5cc4C)c4cccc5ccccc45)ccc23)CC1. The summed E-state index contributed by atoms with van der Waals surface area (Å²) in [5, 5.41) is 30.0. The molecule has 0 radical (unpaired) electrons. The van der Waals surface area contributed by atoms with Gasteiger partial charge in [-0.15, -0.1) is 0 Å². The Morgan fingerprint density at radius 2 is 1.37 bits per heavy atom. The zero-order valence-corrected chi connectivity index (χ0v) is 33.8. The van der Waals surface area contributed by atoms with Crippen LogP contribution < -0.4 is 21.3 Å². The zero-order chi connectivity index (χ0) is 40.3. The van der Waals surface area contributed by atoms with E-state index in [1.165, 1.54) is 5.56 Å². The van der Waals surface area contributed by atoms with Crippen molar-refractivity contribution in [3.63, 3.8) is 0 Å². The maximum Gasteiger partial charge on any atom is 0.252 e. The summed E-state index contributed by atoms with van der Waals surface area (Å²) in [7, 11) is 0. The molecule has 2 atom stereocenters. The van der Waals surface area contributed by atoms with Gasteiger partial charge in [-0.05, 0) is 107 Å². The molecule has 0 spiro atoms. The van der Waals surface area contributed by atoms with E-state index in [0.717, 1.165) is 111 Å². The topological polar surface area (TPSA) is 118 Å². The molecule has 12 rings (SSSR count). The minimum Gasteiger partial charge on any atom is -0.342 e. The summed E-state index contributed by atoms with van der Waals surface area (Å²) in [5.41, 5.74) is 7.51. The number of amides is 2. The van der Waals surface area contributed by atoms with Gasteiger partial charge in [-0.3, -0.25) is 19.0 Å². The molecule has 2 saturated heterocycles. The van der Waals surface area contributed by atoms with Crippen molar-refractivity contribution < 1.29 is 9.59 Å². The van der Waals surface area contributed by atoms with E-state index in [9.17, 15) is 9.59 Å². The van der Waals surface area contributed by atoms with Crippen molar-refractivity contribution >= 4 is 55.2 Å². The van der Waals surface area contributed by atoms with Gasteiger partial charge < -0.3 is 21.3 Å². The summed E-state index contributed by atoms with van der Waals surface area (Å²) in [5.74, 6) is -0.0728. The molecule has 6 aromatic carbocycles. The van der Waals surface area contributed by atoms with Crippen LogP contribution in [-0.4, -0.2) is 57.6 Å². The number of rotatable bonds is 9. The summed E-state index contributed by atoms with van der Waals surface area (Å²) in [4.78, 5) is 28.7. The molecule has 10 nitrogen and oxygen atoms in total. The van der Waals surface area contributed by atoms with Gasteiger partial charge >= 0.3 is 0 Å². The van der Waals surface area contributed by atoms with Crippen molar-refractivity contribution in [1.29, 1.82) is 0 Å². The standard InChI is InChI=1S/C50H46N8O2/c1-29-17-34-23-53-58(37-26-52-27-37)46(34)21-41(29)47(59)54-49(15-16-49)42-11-6-9-32-19-33(13-14-39(32)42)44-22-50(44,43-12-5-8-31-7-3-4-10-38(31)43)55-48(60)40-20-45-35(18-30(40)2)28-57(56-45)36-24-51-25-36/h3-14,17-21,23,28,36-37,44,51-52H,15-16,22,24-27H2,1-2H3,(H,54,59)(H,55,60). The van der Waals surface area contributed by atoms with E-state index >= 15 is 0 Å². The van der Waals surface area contributed by atoms with E-state index in [4.69, 9.17) is 5.10 Å². The molecule has 4 heterocycles. The number of hydrogen-bond donors (Lipinski definition) is 4. The largest absolute Gasteiger partial charge is 0.342 e.